The zero-order chi connectivity index (χ0) is 50.3. The molecular weight excluding hydrogens is 905 g/mol. The lowest BCUT2D eigenvalue weighted by Crippen LogP contribution is -2.29. The number of anilines is 2. The van der Waals surface area contributed by atoms with Crippen molar-refractivity contribution in [2.24, 2.45) is 0 Å². The molecule has 0 unspecified atom stereocenters. The van der Waals surface area contributed by atoms with Crippen molar-refractivity contribution in [2.75, 3.05) is 43.7 Å². The van der Waals surface area contributed by atoms with Gasteiger partial charge in [0, 0.05) is 86.3 Å². The van der Waals surface area contributed by atoms with E-state index in [1.807, 2.05) is 37.3 Å². The van der Waals surface area contributed by atoms with Gasteiger partial charge in [0.15, 0.2) is 5.78 Å². The number of hydrogen-bond acceptors (Lipinski definition) is 14. The van der Waals surface area contributed by atoms with E-state index in [-0.39, 0.29) is 50.7 Å². The zero-order valence-electron chi connectivity index (χ0n) is 38.2. The minimum Gasteiger partial charge on any atom is -0.423 e. The van der Waals surface area contributed by atoms with Gasteiger partial charge in [-0.25, -0.2) is 19.0 Å². The number of hydrogen-bond donors (Lipinski definition) is 5. The van der Waals surface area contributed by atoms with E-state index in [2.05, 4.69) is 25.5 Å². The van der Waals surface area contributed by atoms with Crippen molar-refractivity contribution < 1.29 is 39.4 Å². The third-order valence-corrected chi connectivity index (χ3v) is 10.7. The molecule has 5 N–H and O–H groups in total. The fraction of sp³-hybridized carbons (Fsp3) is 0.176. The number of nitriles is 2. The first-order valence-corrected chi connectivity index (χ1v) is 21.6. The van der Waals surface area contributed by atoms with E-state index in [1.54, 1.807) is 115 Å². The lowest BCUT2D eigenvalue weighted by molar-refractivity contribution is 0.0941. The van der Waals surface area contributed by atoms with Crippen molar-refractivity contribution in [3.63, 3.8) is 0 Å². The van der Waals surface area contributed by atoms with Gasteiger partial charge < -0.3 is 25.6 Å². The van der Waals surface area contributed by atoms with Gasteiger partial charge in [0.05, 0.1) is 41.2 Å². The number of pyridine rings is 4. The number of aromatic nitrogens is 6. The van der Waals surface area contributed by atoms with Gasteiger partial charge in [-0.3, -0.25) is 29.0 Å². The highest BCUT2D eigenvalue weighted by Crippen LogP contribution is 2.26. The molecular formula is C51H50BN11O8. The molecule has 0 atom stereocenters. The highest BCUT2D eigenvalue weighted by atomic mass is 16.4. The van der Waals surface area contributed by atoms with Gasteiger partial charge in [-0.05, 0) is 90.6 Å². The van der Waals surface area contributed by atoms with Crippen LogP contribution in [0.5, 0.6) is 0 Å². The van der Waals surface area contributed by atoms with Gasteiger partial charge in [-0.2, -0.15) is 20.7 Å². The number of nitrogens with one attached hydrogen (secondary N) is 1. The number of rotatable bonds is 13. The van der Waals surface area contributed by atoms with Crippen LogP contribution in [0.4, 0.5) is 11.6 Å². The molecule has 0 bridgehead atoms. The molecule has 6 aromatic heterocycles. The summed E-state index contributed by atoms with van der Waals surface area (Å²) in [5, 5.41) is 63.9. The molecule has 8 aromatic rings. The Labute approximate surface area is 409 Å². The quantitative estimate of drug-likeness (QED) is 0.0792. The maximum atomic E-state index is 13.0. The Kier molecular flexibility index (Phi) is 18.6. The van der Waals surface area contributed by atoms with E-state index in [9.17, 15) is 19.2 Å². The molecule has 71 heavy (non-hydrogen) atoms. The van der Waals surface area contributed by atoms with Crippen molar-refractivity contribution in [1.82, 2.24) is 34.5 Å². The van der Waals surface area contributed by atoms with Gasteiger partial charge in [-0.15, -0.1) is 0 Å². The predicted molar refractivity (Wildman–Crippen MR) is 267 cm³/mol. The van der Waals surface area contributed by atoms with Crippen molar-refractivity contribution >= 4 is 58.8 Å². The van der Waals surface area contributed by atoms with Crippen LogP contribution in [0.2, 0.25) is 0 Å². The van der Waals surface area contributed by atoms with Crippen LogP contribution >= 0.6 is 0 Å². The monoisotopic (exact) mass is 955 g/mol. The molecule has 19 nitrogen and oxygen atoms in total. The van der Waals surface area contributed by atoms with E-state index in [0.717, 1.165) is 27.7 Å². The average molecular weight is 956 g/mol. The number of ketones is 1. The summed E-state index contributed by atoms with van der Waals surface area (Å²) in [6.07, 6.45) is 10.6. The fourth-order valence-corrected chi connectivity index (χ4v) is 6.77. The highest BCUT2D eigenvalue weighted by molar-refractivity contribution is 6.58. The third kappa shape index (κ3) is 13.2. The summed E-state index contributed by atoms with van der Waals surface area (Å²) in [4.78, 5) is 60.3. The maximum Gasteiger partial charge on any atom is 0.488 e. The number of aryl methyl sites for hydroxylation is 1. The number of nitrogens with zero attached hydrogens (tertiary/aromatic N) is 10. The number of aliphatic hydroxyl groups is 2. The van der Waals surface area contributed by atoms with E-state index in [4.69, 9.17) is 30.8 Å². The molecule has 0 aliphatic rings. The summed E-state index contributed by atoms with van der Waals surface area (Å²) >= 11 is 0. The maximum absolute atomic E-state index is 13.0. The first kappa shape index (κ1) is 53.0. The summed E-state index contributed by atoms with van der Waals surface area (Å²) in [5.41, 5.74) is 7.55. The SMILES string of the molecule is C.CN(C(=O)c1ccn2ncc(-c3ccc(C(=O)NCCO)cc3)c2c1)c1ccc(C#N)cn1.Cc1cnn2ccc(C(=O)N(C)c3ccc(C#N)cn3)cc12.O=C(CCCO)c1ccc(B(O)O)cc1. The largest absolute Gasteiger partial charge is 0.488 e. The Morgan fingerprint density at radius 2 is 1.18 bits per heavy atom. The van der Waals surface area contributed by atoms with E-state index >= 15 is 0 Å². The summed E-state index contributed by atoms with van der Waals surface area (Å²) in [7, 11) is 1.77. The number of aliphatic hydroxyl groups excluding tert-OH is 2. The summed E-state index contributed by atoms with van der Waals surface area (Å²) < 4.78 is 3.40. The molecule has 6 heterocycles. The van der Waals surface area contributed by atoms with Gasteiger partial charge in [0.1, 0.15) is 23.8 Å². The molecule has 360 valence electrons. The molecule has 0 spiro atoms. The molecule has 0 aliphatic heterocycles. The van der Waals surface area contributed by atoms with Crippen LogP contribution in [0.1, 0.15) is 78.4 Å². The molecule has 3 amide bonds. The molecule has 0 radical (unpaired) electrons. The number of Topliss-reactive ketones (excluding diaryl/α,β-unsaturated/α-hetero) is 1. The van der Waals surface area contributed by atoms with Gasteiger partial charge in [0.2, 0.25) is 0 Å². The Balaban J connectivity index is 0.000000213. The second-order valence-electron chi connectivity index (χ2n) is 15.4. The predicted octanol–water partition coefficient (Wildman–Crippen LogP) is 4.41. The topological polar surface area (TPSA) is 276 Å². The van der Waals surface area contributed by atoms with Crippen molar-refractivity contribution in [2.45, 2.75) is 27.2 Å². The minimum atomic E-state index is -1.51. The molecule has 0 saturated carbocycles. The first-order chi connectivity index (χ1) is 33.8. The Morgan fingerprint density at radius 3 is 1.68 bits per heavy atom. The second-order valence-corrected chi connectivity index (χ2v) is 15.4. The number of carbonyl (C=O) groups is 4. The highest BCUT2D eigenvalue weighted by Gasteiger charge is 2.19. The first-order valence-electron chi connectivity index (χ1n) is 21.6. The summed E-state index contributed by atoms with van der Waals surface area (Å²) in [5.74, 6) is 0.195. The Bertz CT molecular complexity index is 3200. The van der Waals surface area contributed by atoms with Crippen LogP contribution in [-0.4, -0.2) is 114 Å². The molecule has 0 fully saturated rings. The third-order valence-electron chi connectivity index (χ3n) is 10.7. The van der Waals surface area contributed by atoms with Crippen LogP contribution in [0, 0.1) is 29.6 Å². The Hall–Kier alpha value is -8.92. The molecule has 0 aliphatic carbocycles. The smallest absolute Gasteiger partial charge is 0.423 e. The number of benzene rings is 2. The number of fused-ring (bicyclic) bond motifs is 2. The zero-order valence-corrected chi connectivity index (χ0v) is 38.2. The van der Waals surface area contributed by atoms with Crippen molar-refractivity contribution in [3.05, 3.63) is 173 Å². The summed E-state index contributed by atoms with van der Waals surface area (Å²) in [6.45, 7) is 2.02. The van der Waals surface area contributed by atoms with E-state index in [0.29, 0.717) is 63.3 Å². The lowest BCUT2D eigenvalue weighted by atomic mass is 9.80. The van der Waals surface area contributed by atoms with Crippen molar-refractivity contribution in [3.8, 4) is 23.3 Å². The van der Waals surface area contributed by atoms with Crippen LogP contribution in [0.3, 0.4) is 0 Å². The Morgan fingerprint density at radius 1 is 0.662 bits per heavy atom. The molecule has 20 heteroatoms. The van der Waals surface area contributed by atoms with Gasteiger partial charge >= 0.3 is 7.12 Å². The van der Waals surface area contributed by atoms with Crippen LogP contribution in [-0.2, 0) is 0 Å². The molecule has 2 aromatic carbocycles. The van der Waals surface area contributed by atoms with E-state index in [1.165, 1.54) is 34.3 Å². The van der Waals surface area contributed by atoms with Crippen molar-refractivity contribution in [1.29, 1.82) is 10.5 Å². The molecule has 0 saturated heterocycles. The van der Waals surface area contributed by atoms with Gasteiger partial charge in [-0.1, -0.05) is 43.8 Å². The van der Waals surface area contributed by atoms with Gasteiger partial charge in [0.25, 0.3) is 17.7 Å². The average Bonchev–Trinajstić information content (AvgIpc) is 4.01. The standard InChI is InChI=1S/C24H20N6O3.C16H13N5O.C10H13BO4.CH4/c1-29(22-7-2-16(13-25)14-27-22)24(33)19-8-10-30-21(12-19)20(15-28-30)17-3-5-18(6-4-17)23(32)26-9-11-31;1-11-9-19-21-6-5-13(7-14(11)21)16(22)20(2)15-4-3-12(8-17)10-18-15;12-7-1-2-10(13)8-3-5-9(6-4-8)11(14)15;/h2-8,10,12,14-15,31H,9,11H2,1H3,(H,26,32);3-7,9-10H,1-2H3;3-6,12,14-15H,1-2,7H2;1H4. The minimum absolute atomic E-state index is 0. The summed E-state index contributed by atoms with van der Waals surface area (Å²) in [6, 6.07) is 30.6. The number of carbonyl (C=O) groups excluding carboxylic acids is 4. The fourth-order valence-electron chi connectivity index (χ4n) is 6.77. The number of amides is 3. The normalized spacial score (nSPS) is 10.3. The second kappa shape index (κ2) is 24.9. The van der Waals surface area contributed by atoms with E-state index < -0.39 is 7.12 Å². The van der Waals surface area contributed by atoms with Crippen LogP contribution < -0.4 is 20.6 Å². The van der Waals surface area contributed by atoms with Crippen LogP contribution in [0.15, 0.2) is 134 Å². The van der Waals surface area contributed by atoms with Crippen LogP contribution in [0.25, 0.3) is 22.2 Å². The lowest BCUT2D eigenvalue weighted by Gasteiger charge is -2.16. The molecule has 8 rings (SSSR count).